The fourth-order valence-corrected chi connectivity index (χ4v) is 1.49. The zero-order chi connectivity index (χ0) is 11.6. The summed E-state index contributed by atoms with van der Waals surface area (Å²) in [6.07, 6.45) is 1.10. The fourth-order valence-electron chi connectivity index (χ4n) is 1.26. The molecule has 1 heterocycles. The second kappa shape index (κ2) is 4.52. The SMILES string of the molecule is CCC(C)(C)N(C)c1ccc(Br)c(C)n1. The van der Waals surface area contributed by atoms with Gasteiger partial charge in [-0.2, -0.15) is 0 Å². The first-order valence-electron chi connectivity index (χ1n) is 5.25. The van der Waals surface area contributed by atoms with Crippen molar-refractivity contribution >= 4 is 21.7 Å². The minimum Gasteiger partial charge on any atom is -0.355 e. The van der Waals surface area contributed by atoms with Gasteiger partial charge in [0.15, 0.2) is 0 Å². The summed E-state index contributed by atoms with van der Waals surface area (Å²) in [5.74, 6) is 1.03. The Hall–Kier alpha value is -0.570. The number of hydrogen-bond acceptors (Lipinski definition) is 2. The van der Waals surface area contributed by atoms with Crippen molar-refractivity contribution in [3.63, 3.8) is 0 Å². The third-order valence-electron chi connectivity index (χ3n) is 3.12. The molecule has 3 heteroatoms. The van der Waals surface area contributed by atoms with Crippen molar-refractivity contribution in [3.05, 3.63) is 22.3 Å². The number of rotatable bonds is 3. The average Bonchev–Trinajstić information content (AvgIpc) is 2.21. The zero-order valence-corrected chi connectivity index (χ0v) is 11.7. The van der Waals surface area contributed by atoms with Gasteiger partial charge in [0, 0.05) is 17.1 Å². The van der Waals surface area contributed by atoms with Crippen LogP contribution in [-0.2, 0) is 0 Å². The van der Waals surface area contributed by atoms with Crippen molar-refractivity contribution in [1.82, 2.24) is 4.98 Å². The Morgan fingerprint density at radius 3 is 2.47 bits per heavy atom. The van der Waals surface area contributed by atoms with Gasteiger partial charge in [0.05, 0.1) is 5.69 Å². The molecule has 0 amide bonds. The van der Waals surface area contributed by atoms with Gasteiger partial charge in [0.2, 0.25) is 0 Å². The van der Waals surface area contributed by atoms with Gasteiger partial charge in [-0.15, -0.1) is 0 Å². The molecule has 0 aliphatic rings. The smallest absolute Gasteiger partial charge is 0.129 e. The van der Waals surface area contributed by atoms with E-state index in [1.54, 1.807) is 0 Å². The highest BCUT2D eigenvalue weighted by molar-refractivity contribution is 9.10. The maximum atomic E-state index is 4.57. The van der Waals surface area contributed by atoms with Gasteiger partial charge in [0.25, 0.3) is 0 Å². The standard InChI is InChI=1S/C12H19BrN2/c1-6-12(3,4)15(5)11-8-7-10(13)9(2)14-11/h7-8H,6H2,1-5H3. The molecule has 0 saturated carbocycles. The van der Waals surface area contributed by atoms with E-state index in [0.29, 0.717) is 0 Å². The minimum absolute atomic E-state index is 0.146. The maximum absolute atomic E-state index is 4.57. The molecule has 2 nitrogen and oxygen atoms in total. The third kappa shape index (κ3) is 2.71. The van der Waals surface area contributed by atoms with Gasteiger partial charge in [-0.05, 0) is 55.3 Å². The Bertz CT molecular complexity index is 347. The lowest BCUT2D eigenvalue weighted by Crippen LogP contribution is -2.41. The summed E-state index contributed by atoms with van der Waals surface area (Å²) < 4.78 is 1.06. The minimum atomic E-state index is 0.146. The second-order valence-corrected chi connectivity index (χ2v) is 5.32. The van der Waals surface area contributed by atoms with Crippen LogP contribution in [0.25, 0.3) is 0 Å². The van der Waals surface area contributed by atoms with Crippen LogP contribution in [0.3, 0.4) is 0 Å². The number of hydrogen-bond donors (Lipinski definition) is 0. The van der Waals surface area contributed by atoms with E-state index < -0.39 is 0 Å². The molecule has 1 aromatic heterocycles. The molecular weight excluding hydrogens is 252 g/mol. The van der Waals surface area contributed by atoms with Gasteiger partial charge in [-0.3, -0.25) is 0 Å². The average molecular weight is 271 g/mol. The highest BCUT2D eigenvalue weighted by Crippen LogP contribution is 2.25. The van der Waals surface area contributed by atoms with Gasteiger partial charge < -0.3 is 4.90 Å². The lowest BCUT2D eigenvalue weighted by atomic mass is 10.00. The Balaban J connectivity index is 3.02. The van der Waals surface area contributed by atoms with Crippen LogP contribution in [0.2, 0.25) is 0 Å². The van der Waals surface area contributed by atoms with Crippen molar-refractivity contribution < 1.29 is 0 Å². The first-order valence-corrected chi connectivity index (χ1v) is 6.04. The Morgan fingerprint density at radius 2 is 2.00 bits per heavy atom. The second-order valence-electron chi connectivity index (χ2n) is 4.46. The number of aryl methyl sites for hydroxylation is 1. The molecule has 0 aromatic carbocycles. The lowest BCUT2D eigenvalue weighted by Gasteiger charge is -2.36. The molecule has 0 N–H and O–H groups in total. The predicted molar refractivity (Wildman–Crippen MR) is 69.4 cm³/mol. The van der Waals surface area contributed by atoms with Crippen LogP contribution < -0.4 is 4.90 Å². The van der Waals surface area contributed by atoms with Crippen LogP contribution in [0.15, 0.2) is 16.6 Å². The number of anilines is 1. The first-order chi connectivity index (χ1) is 6.88. The van der Waals surface area contributed by atoms with Crippen LogP contribution in [0.4, 0.5) is 5.82 Å². The number of halogens is 1. The lowest BCUT2D eigenvalue weighted by molar-refractivity contribution is 0.467. The molecule has 0 unspecified atom stereocenters. The van der Waals surface area contributed by atoms with Crippen LogP contribution >= 0.6 is 15.9 Å². The fraction of sp³-hybridized carbons (Fsp3) is 0.583. The van der Waals surface area contributed by atoms with Crippen molar-refractivity contribution in [2.45, 2.75) is 39.7 Å². The van der Waals surface area contributed by atoms with Gasteiger partial charge in [-0.25, -0.2) is 4.98 Å². The summed E-state index contributed by atoms with van der Waals surface area (Å²) in [7, 11) is 2.10. The quantitative estimate of drug-likeness (QED) is 0.831. The van der Waals surface area contributed by atoms with E-state index in [-0.39, 0.29) is 5.54 Å². The van der Waals surface area contributed by atoms with E-state index >= 15 is 0 Å². The number of pyridine rings is 1. The molecule has 15 heavy (non-hydrogen) atoms. The van der Waals surface area contributed by atoms with E-state index in [9.17, 15) is 0 Å². The van der Waals surface area contributed by atoms with Crippen molar-refractivity contribution in [1.29, 1.82) is 0 Å². The van der Waals surface area contributed by atoms with Crippen LogP contribution in [-0.4, -0.2) is 17.6 Å². The Kier molecular flexibility index (Phi) is 3.77. The van der Waals surface area contributed by atoms with E-state index in [1.807, 2.05) is 6.92 Å². The van der Waals surface area contributed by atoms with Crippen molar-refractivity contribution in [3.8, 4) is 0 Å². The first kappa shape index (κ1) is 12.5. The van der Waals surface area contributed by atoms with E-state index in [2.05, 4.69) is 65.8 Å². The summed E-state index contributed by atoms with van der Waals surface area (Å²) in [4.78, 5) is 6.79. The largest absolute Gasteiger partial charge is 0.355 e. The molecular formula is C12H19BrN2. The van der Waals surface area contributed by atoms with Crippen molar-refractivity contribution in [2.75, 3.05) is 11.9 Å². The van der Waals surface area contributed by atoms with Crippen molar-refractivity contribution in [2.24, 2.45) is 0 Å². The normalized spacial score (nSPS) is 11.6. The summed E-state index contributed by atoms with van der Waals surface area (Å²) in [5, 5.41) is 0. The molecule has 84 valence electrons. The molecule has 1 rings (SSSR count). The van der Waals surface area contributed by atoms with E-state index in [1.165, 1.54) is 0 Å². The Morgan fingerprint density at radius 1 is 1.40 bits per heavy atom. The molecule has 0 saturated heterocycles. The zero-order valence-electron chi connectivity index (χ0n) is 10.1. The highest BCUT2D eigenvalue weighted by atomic mass is 79.9. The molecule has 0 atom stereocenters. The molecule has 0 bridgehead atoms. The summed E-state index contributed by atoms with van der Waals surface area (Å²) in [6.45, 7) is 8.67. The summed E-state index contributed by atoms with van der Waals surface area (Å²) >= 11 is 3.46. The van der Waals surface area contributed by atoms with Gasteiger partial charge in [-0.1, -0.05) is 6.92 Å². The van der Waals surface area contributed by atoms with Gasteiger partial charge in [0.1, 0.15) is 5.82 Å². The predicted octanol–water partition coefficient (Wildman–Crippen LogP) is 3.78. The van der Waals surface area contributed by atoms with Crippen LogP contribution in [0.5, 0.6) is 0 Å². The monoisotopic (exact) mass is 270 g/mol. The van der Waals surface area contributed by atoms with E-state index in [0.717, 1.165) is 22.4 Å². The number of aromatic nitrogens is 1. The molecule has 0 fully saturated rings. The van der Waals surface area contributed by atoms with E-state index in [4.69, 9.17) is 0 Å². The molecule has 0 aliphatic heterocycles. The third-order valence-corrected chi connectivity index (χ3v) is 3.96. The highest BCUT2D eigenvalue weighted by Gasteiger charge is 2.22. The molecule has 0 radical (unpaired) electrons. The maximum Gasteiger partial charge on any atom is 0.129 e. The molecule has 0 spiro atoms. The van der Waals surface area contributed by atoms with Crippen LogP contribution in [0, 0.1) is 6.92 Å². The number of nitrogens with zero attached hydrogens (tertiary/aromatic N) is 2. The molecule has 1 aromatic rings. The summed E-state index contributed by atoms with van der Waals surface area (Å²) in [6, 6.07) is 4.11. The van der Waals surface area contributed by atoms with Gasteiger partial charge >= 0.3 is 0 Å². The Labute approximate surface area is 101 Å². The topological polar surface area (TPSA) is 16.1 Å². The molecule has 0 aliphatic carbocycles. The summed E-state index contributed by atoms with van der Waals surface area (Å²) in [5.41, 5.74) is 1.18. The van der Waals surface area contributed by atoms with Crippen LogP contribution in [0.1, 0.15) is 32.9 Å².